The predicted octanol–water partition coefficient (Wildman–Crippen LogP) is 18.1. The minimum Gasteiger partial charge on any atom is -0.507 e. The van der Waals surface area contributed by atoms with Crippen molar-refractivity contribution < 1.29 is 5.11 Å². The van der Waals surface area contributed by atoms with E-state index in [-0.39, 0.29) is 16.6 Å². The van der Waals surface area contributed by atoms with Crippen LogP contribution in [0.5, 0.6) is 5.75 Å². The molecule has 0 saturated carbocycles. The fraction of sp³-hybridized carbons (Fsp3) is 0.118. The smallest absolute Gasteiger partial charge is 0.149 e. The molecule has 2 aromatic heterocycles. The first-order valence-corrected chi connectivity index (χ1v) is 24.9. The highest BCUT2D eigenvalue weighted by Crippen LogP contribution is 2.45. The van der Waals surface area contributed by atoms with Crippen LogP contribution in [0.25, 0.3) is 106 Å². The van der Waals surface area contributed by atoms with Gasteiger partial charge in [-0.1, -0.05) is 205 Å². The zero-order valence-electron chi connectivity index (χ0n) is 41.7. The van der Waals surface area contributed by atoms with Crippen molar-refractivity contribution in [3.63, 3.8) is 0 Å². The van der Waals surface area contributed by atoms with Gasteiger partial charge >= 0.3 is 0 Å². The Balaban J connectivity index is 1.15. The largest absolute Gasteiger partial charge is 0.507 e. The van der Waals surface area contributed by atoms with E-state index in [1.807, 2.05) is 30.5 Å². The first-order chi connectivity index (χ1) is 34.9. The summed E-state index contributed by atoms with van der Waals surface area (Å²) in [5.41, 5.74) is 20.8. The number of rotatable bonds is 9. The van der Waals surface area contributed by atoms with Gasteiger partial charge in [-0.15, -0.1) is 0 Å². The van der Waals surface area contributed by atoms with Gasteiger partial charge in [-0.05, 0) is 138 Å². The second kappa shape index (κ2) is 18.6. The van der Waals surface area contributed by atoms with Crippen LogP contribution in [0.1, 0.15) is 52.7 Å². The van der Waals surface area contributed by atoms with Gasteiger partial charge in [-0.3, -0.25) is 9.55 Å². The van der Waals surface area contributed by atoms with E-state index in [1.54, 1.807) is 6.07 Å². The van der Waals surface area contributed by atoms with E-state index in [4.69, 9.17) is 9.97 Å². The second-order valence-electron chi connectivity index (χ2n) is 20.9. The summed E-state index contributed by atoms with van der Waals surface area (Å²) in [5, 5.41) is 11.7. The molecule has 9 aromatic carbocycles. The average molecular weight is 932 g/mol. The van der Waals surface area contributed by atoms with Gasteiger partial charge in [0.05, 0.1) is 28.0 Å². The molecule has 11 aromatic rings. The highest BCUT2D eigenvalue weighted by atomic mass is 16.3. The molecule has 0 saturated heterocycles. The van der Waals surface area contributed by atoms with Crippen molar-refractivity contribution in [1.29, 1.82) is 0 Å². The van der Waals surface area contributed by atoms with Crippen LogP contribution in [0.4, 0.5) is 0 Å². The highest BCUT2D eigenvalue weighted by Gasteiger charge is 2.27. The molecule has 350 valence electrons. The molecular formula is C68H57N3O. The lowest BCUT2D eigenvalue weighted by Crippen LogP contribution is -2.14. The molecule has 1 N–H and O–H groups in total. The number of nitrogens with zero attached hydrogens (tertiary/aromatic N) is 3. The third-order valence-electron chi connectivity index (χ3n) is 13.9. The van der Waals surface area contributed by atoms with Crippen LogP contribution in [0.2, 0.25) is 0 Å². The Bertz CT molecular complexity index is 3730. The molecule has 4 nitrogen and oxygen atoms in total. The average Bonchev–Trinajstić information content (AvgIpc) is 3.80. The van der Waals surface area contributed by atoms with E-state index in [0.29, 0.717) is 11.4 Å². The van der Waals surface area contributed by atoms with Gasteiger partial charge in [0.1, 0.15) is 11.6 Å². The Morgan fingerprint density at radius 3 is 1.54 bits per heavy atom. The standard InChI is InChI=1S/C68H57N3O/c1-67(2,3)55-35-33-48(34-36-55)52-39-53(41-54(40-52)61-42-51(37-38-69-61)47-31-29-46(30-32-47)45-19-10-7-11-20-45)56-26-18-27-62-65(56)70-66(57-25-16-17-28-64(57)72)71(62)63-44-58(49-21-12-8-13-22-49)60(68(4,5)6)43-59(63)50-23-14-9-15-24-50/h7-44,72H,1-6H3. The van der Waals surface area contributed by atoms with Gasteiger partial charge in [0, 0.05) is 22.9 Å². The van der Waals surface area contributed by atoms with E-state index >= 15 is 0 Å². The third kappa shape index (κ3) is 8.93. The normalized spacial score (nSPS) is 11.8. The number of aromatic hydroxyl groups is 1. The summed E-state index contributed by atoms with van der Waals surface area (Å²) in [6, 6.07) is 79.4. The zero-order chi connectivity index (χ0) is 49.6. The summed E-state index contributed by atoms with van der Waals surface area (Å²) in [7, 11) is 0. The van der Waals surface area contributed by atoms with Crippen molar-refractivity contribution in [2.75, 3.05) is 0 Å². The number of benzene rings is 9. The maximum absolute atomic E-state index is 11.7. The SMILES string of the molecule is CC(C)(C)c1ccc(-c2cc(-c3cc(-c4ccc(-c5ccccc5)cc4)ccn3)cc(-c3cccc4c3nc(-c3ccccc3O)n4-c3cc(-c4ccccc4)c(C(C)(C)C)cc3-c3ccccc3)c2)cc1. The molecule has 0 aliphatic rings. The van der Waals surface area contributed by atoms with Crippen molar-refractivity contribution in [2.24, 2.45) is 0 Å². The lowest BCUT2D eigenvalue weighted by atomic mass is 9.79. The van der Waals surface area contributed by atoms with Crippen molar-refractivity contribution in [1.82, 2.24) is 14.5 Å². The summed E-state index contributed by atoms with van der Waals surface area (Å²) >= 11 is 0. The monoisotopic (exact) mass is 931 g/mol. The van der Waals surface area contributed by atoms with E-state index < -0.39 is 0 Å². The Labute approximate surface area is 423 Å². The number of hydrogen-bond acceptors (Lipinski definition) is 3. The Morgan fingerprint density at radius 1 is 0.375 bits per heavy atom. The molecule has 0 radical (unpaired) electrons. The number of pyridine rings is 1. The molecule has 0 bridgehead atoms. The van der Waals surface area contributed by atoms with E-state index in [2.05, 4.69) is 240 Å². The predicted molar refractivity (Wildman–Crippen MR) is 301 cm³/mol. The highest BCUT2D eigenvalue weighted by molar-refractivity contribution is 5.99. The zero-order valence-corrected chi connectivity index (χ0v) is 41.7. The molecule has 0 aliphatic heterocycles. The lowest BCUT2D eigenvalue weighted by Gasteiger charge is -2.27. The van der Waals surface area contributed by atoms with Crippen LogP contribution in [0.15, 0.2) is 231 Å². The maximum Gasteiger partial charge on any atom is 0.149 e. The number of para-hydroxylation sites is 2. The Hall–Kier alpha value is -8.60. The van der Waals surface area contributed by atoms with Crippen molar-refractivity contribution in [2.45, 2.75) is 52.4 Å². The van der Waals surface area contributed by atoms with Crippen molar-refractivity contribution in [3.8, 4) is 101 Å². The fourth-order valence-corrected chi connectivity index (χ4v) is 10.0. The van der Waals surface area contributed by atoms with Gasteiger partial charge in [0.25, 0.3) is 0 Å². The van der Waals surface area contributed by atoms with E-state index in [9.17, 15) is 5.11 Å². The Morgan fingerprint density at radius 2 is 0.903 bits per heavy atom. The fourth-order valence-electron chi connectivity index (χ4n) is 10.0. The number of hydrogen-bond donors (Lipinski definition) is 1. The summed E-state index contributed by atoms with van der Waals surface area (Å²) in [6.45, 7) is 13.6. The summed E-state index contributed by atoms with van der Waals surface area (Å²) < 4.78 is 2.26. The number of imidazole rings is 1. The van der Waals surface area contributed by atoms with Gasteiger partial charge in [0.15, 0.2) is 0 Å². The van der Waals surface area contributed by atoms with E-state index in [1.165, 1.54) is 22.3 Å². The van der Waals surface area contributed by atoms with Crippen LogP contribution in [-0.2, 0) is 10.8 Å². The van der Waals surface area contributed by atoms with Crippen LogP contribution < -0.4 is 0 Å². The van der Waals surface area contributed by atoms with Gasteiger partial charge in [0.2, 0.25) is 0 Å². The molecule has 0 aliphatic carbocycles. The van der Waals surface area contributed by atoms with Crippen LogP contribution in [0, 0.1) is 0 Å². The van der Waals surface area contributed by atoms with Crippen LogP contribution in [0.3, 0.4) is 0 Å². The molecule has 0 unspecified atom stereocenters. The van der Waals surface area contributed by atoms with Crippen LogP contribution >= 0.6 is 0 Å². The minimum atomic E-state index is -0.172. The van der Waals surface area contributed by atoms with Gasteiger partial charge in [-0.25, -0.2) is 4.98 Å². The third-order valence-corrected chi connectivity index (χ3v) is 13.9. The van der Waals surface area contributed by atoms with Gasteiger partial charge in [-0.2, -0.15) is 0 Å². The maximum atomic E-state index is 11.7. The quantitative estimate of drug-likeness (QED) is 0.157. The number of phenolic OH excluding ortho intramolecular Hbond substituents is 1. The van der Waals surface area contributed by atoms with Gasteiger partial charge < -0.3 is 5.11 Å². The summed E-state index contributed by atoms with van der Waals surface area (Å²) in [4.78, 5) is 10.7. The minimum absolute atomic E-state index is 0.0177. The van der Waals surface area contributed by atoms with Crippen molar-refractivity contribution >= 4 is 11.0 Å². The molecule has 11 rings (SSSR count). The van der Waals surface area contributed by atoms with E-state index in [0.717, 1.165) is 83.6 Å². The molecule has 0 amide bonds. The molecule has 0 spiro atoms. The molecular weight excluding hydrogens is 875 g/mol. The summed E-state index contributed by atoms with van der Waals surface area (Å²) in [6.07, 6.45) is 1.92. The first-order valence-electron chi connectivity index (χ1n) is 24.9. The first kappa shape index (κ1) is 45.8. The van der Waals surface area contributed by atoms with Crippen LogP contribution in [-0.4, -0.2) is 19.6 Å². The number of fused-ring (bicyclic) bond motifs is 1. The lowest BCUT2D eigenvalue weighted by molar-refractivity contribution is 0.477. The number of phenols is 1. The van der Waals surface area contributed by atoms with Crippen molar-refractivity contribution in [3.05, 3.63) is 242 Å². The summed E-state index contributed by atoms with van der Waals surface area (Å²) in [5.74, 6) is 0.812. The molecule has 4 heteroatoms. The molecule has 72 heavy (non-hydrogen) atoms. The molecule has 2 heterocycles. The molecule has 0 atom stereocenters. The topological polar surface area (TPSA) is 50.9 Å². The number of aromatic nitrogens is 3. The Kier molecular flexibility index (Phi) is 11.9. The second-order valence-corrected chi connectivity index (χ2v) is 20.9. The molecule has 0 fully saturated rings.